The second-order valence-corrected chi connectivity index (χ2v) is 7.63. The number of aromatic nitrogens is 2. The molecule has 2 aromatic rings. The number of amides is 1. The molecule has 3 unspecified atom stereocenters. The molecule has 1 aromatic carbocycles. The van der Waals surface area contributed by atoms with Crippen LogP contribution in [0.15, 0.2) is 12.3 Å². The highest BCUT2D eigenvalue weighted by atomic mass is 19.2. The molecule has 1 heterocycles. The Hall–Kier alpha value is -2.45. The zero-order valence-corrected chi connectivity index (χ0v) is 14.8. The van der Waals surface area contributed by atoms with Gasteiger partial charge in [0.15, 0.2) is 29.1 Å². The first-order valence-corrected chi connectivity index (χ1v) is 9.17. The first-order valence-electron chi connectivity index (χ1n) is 9.17. The second-order valence-electron chi connectivity index (χ2n) is 7.63. The predicted molar refractivity (Wildman–Crippen MR) is 89.7 cm³/mol. The van der Waals surface area contributed by atoms with E-state index in [0.717, 1.165) is 17.0 Å². The Morgan fingerprint density at radius 1 is 1.04 bits per heavy atom. The lowest BCUT2D eigenvalue weighted by molar-refractivity contribution is -0.117. The number of nitrogens with one attached hydrogen (secondary N) is 1. The fraction of sp³-hybridized carbons (Fsp3) is 0.474. The lowest BCUT2D eigenvalue weighted by atomic mass is 9.86. The van der Waals surface area contributed by atoms with Gasteiger partial charge in [-0.15, -0.1) is 0 Å². The predicted octanol–water partition coefficient (Wildman–Crippen LogP) is 4.39. The van der Waals surface area contributed by atoms with Crippen LogP contribution in [0.1, 0.15) is 37.7 Å². The first-order chi connectivity index (χ1) is 13.3. The van der Waals surface area contributed by atoms with E-state index in [1.807, 2.05) is 0 Å². The SMILES string of the molecule is O=C(CC1CC2CCC1C2)Nc1ccn(Cc2c(F)c(F)c(F)c(F)c2F)n1. The van der Waals surface area contributed by atoms with E-state index in [4.69, 9.17) is 0 Å². The van der Waals surface area contributed by atoms with E-state index in [9.17, 15) is 26.7 Å². The normalized spacial score (nSPS) is 23.4. The van der Waals surface area contributed by atoms with Crippen molar-refractivity contribution in [2.24, 2.45) is 17.8 Å². The van der Waals surface area contributed by atoms with Crippen LogP contribution >= 0.6 is 0 Å². The van der Waals surface area contributed by atoms with Gasteiger partial charge >= 0.3 is 0 Å². The van der Waals surface area contributed by atoms with Gasteiger partial charge in [-0.3, -0.25) is 9.48 Å². The quantitative estimate of drug-likeness (QED) is 0.461. The molecule has 0 radical (unpaired) electrons. The molecule has 28 heavy (non-hydrogen) atoms. The van der Waals surface area contributed by atoms with Gasteiger partial charge in [0.25, 0.3) is 0 Å². The molecule has 2 aliphatic carbocycles. The van der Waals surface area contributed by atoms with E-state index < -0.39 is 41.2 Å². The Morgan fingerprint density at radius 3 is 2.32 bits per heavy atom. The van der Waals surface area contributed by atoms with Gasteiger partial charge in [-0.25, -0.2) is 22.0 Å². The van der Waals surface area contributed by atoms with Gasteiger partial charge in [0.2, 0.25) is 11.7 Å². The second kappa shape index (κ2) is 7.18. The number of nitrogens with zero attached hydrogens (tertiary/aromatic N) is 2. The molecule has 4 nitrogen and oxygen atoms in total. The zero-order chi connectivity index (χ0) is 20.0. The van der Waals surface area contributed by atoms with E-state index in [0.29, 0.717) is 18.3 Å². The minimum atomic E-state index is -2.20. The zero-order valence-electron chi connectivity index (χ0n) is 14.8. The third kappa shape index (κ3) is 3.38. The van der Waals surface area contributed by atoms with Crippen LogP contribution in [0, 0.1) is 46.8 Å². The van der Waals surface area contributed by atoms with Gasteiger partial charge in [0.1, 0.15) is 0 Å². The van der Waals surface area contributed by atoms with Crippen LogP contribution in [-0.4, -0.2) is 15.7 Å². The molecular formula is C19H18F5N3O. The first kappa shape index (κ1) is 18.9. The molecule has 2 saturated carbocycles. The van der Waals surface area contributed by atoms with Crippen molar-refractivity contribution >= 4 is 11.7 Å². The van der Waals surface area contributed by atoms with Crippen molar-refractivity contribution in [1.29, 1.82) is 0 Å². The highest BCUT2D eigenvalue weighted by Crippen LogP contribution is 2.49. The molecule has 2 fully saturated rings. The number of rotatable bonds is 5. The summed E-state index contributed by atoms with van der Waals surface area (Å²) in [7, 11) is 0. The topological polar surface area (TPSA) is 46.9 Å². The summed E-state index contributed by atoms with van der Waals surface area (Å²) >= 11 is 0. The van der Waals surface area contributed by atoms with Crippen molar-refractivity contribution in [2.45, 2.75) is 38.6 Å². The van der Waals surface area contributed by atoms with Gasteiger partial charge in [-0.2, -0.15) is 5.10 Å². The summed E-state index contributed by atoms with van der Waals surface area (Å²) in [6.45, 7) is -0.659. The van der Waals surface area contributed by atoms with Crippen LogP contribution in [0.2, 0.25) is 0 Å². The van der Waals surface area contributed by atoms with Crippen molar-refractivity contribution in [2.75, 3.05) is 5.32 Å². The van der Waals surface area contributed by atoms with Crippen LogP contribution in [-0.2, 0) is 11.3 Å². The molecule has 1 aromatic heterocycles. The highest BCUT2D eigenvalue weighted by Gasteiger charge is 2.40. The van der Waals surface area contributed by atoms with Gasteiger partial charge in [-0.05, 0) is 37.0 Å². The van der Waals surface area contributed by atoms with E-state index in [-0.39, 0.29) is 11.7 Å². The molecule has 4 rings (SSSR count). The summed E-state index contributed by atoms with van der Waals surface area (Å²) in [4.78, 5) is 12.2. The summed E-state index contributed by atoms with van der Waals surface area (Å²) in [6, 6.07) is 1.41. The van der Waals surface area contributed by atoms with E-state index in [2.05, 4.69) is 10.4 Å². The van der Waals surface area contributed by atoms with Crippen LogP contribution in [0.5, 0.6) is 0 Å². The fourth-order valence-corrected chi connectivity index (χ4v) is 4.53. The summed E-state index contributed by atoms with van der Waals surface area (Å²) in [5, 5.41) is 6.57. The maximum Gasteiger partial charge on any atom is 0.225 e. The molecule has 1 N–H and O–H groups in total. The molecule has 150 valence electrons. The number of hydrogen-bond acceptors (Lipinski definition) is 2. The summed E-state index contributed by atoms with van der Waals surface area (Å²) in [6.07, 6.45) is 6.35. The number of hydrogen-bond donors (Lipinski definition) is 1. The monoisotopic (exact) mass is 399 g/mol. The van der Waals surface area contributed by atoms with E-state index in [1.54, 1.807) is 0 Å². The van der Waals surface area contributed by atoms with Gasteiger partial charge in [-0.1, -0.05) is 6.42 Å². The van der Waals surface area contributed by atoms with Crippen molar-refractivity contribution < 1.29 is 26.7 Å². The molecular weight excluding hydrogens is 381 g/mol. The molecule has 1 amide bonds. The largest absolute Gasteiger partial charge is 0.309 e. The van der Waals surface area contributed by atoms with Crippen molar-refractivity contribution in [1.82, 2.24) is 9.78 Å². The lowest BCUT2D eigenvalue weighted by Crippen LogP contribution is -2.20. The summed E-state index contributed by atoms with van der Waals surface area (Å²) in [5.41, 5.74) is -0.987. The Bertz CT molecular complexity index is 900. The number of anilines is 1. The molecule has 2 aliphatic rings. The molecule has 2 bridgehead atoms. The van der Waals surface area contributed by atoms with Crippen molar-refractivity contribution in [3.05, 3.63) is 46.9 Å². The Balaban J connectivity index is 1.42. The average Bonchev–Trinajstić information content (AvgIpc) is 3.39. The van der Waals surface area contributed by atoms with E-state index in [1.165, 1.54) is 31.5 Å². The maximum atomic E-state index is 13.8. The Morgan fingerprint density at radius 2 is 1.71 bits per heavy atom. The maximum absolute atomic E-state index is 13.8. The Labute approximate surface area is 157 Å². The minimum absolute atomic E-state index is 0.164. The molecule has 9 heteroatoms. The molecule has 0 spiro atoms. The third-order valence-electron chi connectivity index (χ3n) is 5.86. The number of carbonyl (C=O) groups excluding carboxylic acids is 1. The highest BCUT2D eigenvalue weighted by molar-refractivity contribution is 5.89. The number of fused-ring (bicyclic) bond motifs is 2. The molecule has 0 aliphatic heterocycles. The van der Waals surface area contributed by atoms with Gasteiger partial charge < -0.3 is 5.32 Å². The fourth-order valence-electron chi connectivity index (χ4n) is 4.53. The van der Waals surface area contributed by atoms with Crippen LogP contribution < -0.4 is 5.32 Å². The van der Waals surface area contributed by atoms with Crippen LogP contribution in [0.4, 0.5) is 27.8 Å². The number of halogens is 5. The molecule has 0 saturated heterocycles. The van der Waals surface area contributed by atoms with Crippen molar-refractivity contribution in [3.8, 4) is 0 Å². The number of carbonyl (C=O) groups is 1. The number of benzene rings is 1. The van der Waals surface area contributed by atoms with Crippen LogP contribution in [0.3, 0.4) is 0 Å². The van der Waals surface area contributed by atoms with Gasteiger partial charge in [0, 0.05) is 18.7 Å². The van der Waals surface area contributed by atoms with Gasteiger partial charge in [0.05, 0.1) is 12.1 Å². The van der Waals surface area contributed by atoms with Crippen molar-refractivity contribution in [3.63, 3.8) is 0 Å². The van der Waals surface area contributed by atoms with E-state index >= 15 is 0 Å². The Kier molecular flexibility index (Phi) is 4.84. The van der Waals surface area contributed by atoms with Crippen LogP contribution in [0.25, 0.3) is 0 Å². The lowest BCUT2D eigenvalue weighted by Gasteiger charge is -2.20. The molecule has 3 atom stereocenters. The minimum Gasteiger partial charge on any atom is -0.309 e. The average molecular weight is 399 g/mol. The third-order valence-corrected chi connectivity index (χ3v) is 5.86. The summed E-state index contributed by atoms with van der Waals surface area (Å²) < 4.78 is 68.2. The smallest absolute Gasteiger partial charge is 0.225 e. The standard InChI is InChI=1S/C19H18F5N3O/c20-15-12(16(21)18(23)19(24)17(15)22)8-27-4-3-13(26-27)25-14(28)7-11-6-9-1-2-10(11)5-9/h3-4,9-11H,1-2,5-8H2,(H,25,26,28). The summed E-state index contributed by atoms with van der Waals surface area (Å²) in [5.74, 6) is -8.33.